The van der Waals surface area contributed by atoms with Gasteiger partial charge in [-0.3, -0.25) is 4.79 Å². The second-order valence-electron chi connectivity index (χ2n) is 5.53. The quantitative estimate of drug-likeness (QED) is 0.826. The molecular formula is C17H20N2O3S. The Morgan fingerprint density at radius 3 is 2.57 bits per heavy atom. The summed E-state index contributed by atoms with van der Waals surface area (Å²) in [5, 5.41) is 3.51. The second kappa shape index (κ2) is 7.87. The fraction of sp³-hybridized carbons (Fsp3) is 0.353. The van der Waals surface area contributed by atoms with E-state index in [2.05, 4.69) is 10.3 Å². The number of benzene rings is 1. The van der Waals surface area contributed by atoms with Crippen molar-refractivity contribution >= 4 is 23.2 Å². The molecule has 5 nitrogen and oxygen atoms in total. The van der Waals surface area contributed by atoms with Crippen molar-refractivity contribution in [3.63, 3.8) is 0 Å². The minimum absolute atomic E-state index is 0.0345. The molecule has 1 aromatic heterocycles. The highest BCUT2D eigenvalue weighted by Crippen LogP contribution is 2.25. The van der Waals surface area contributed by atoms with Gasteiger partial charge in [0.15, 0.2) is 0 Å². The minimum Gasteiger partial charge on any atom is -0.458 e. The molecule has 0 radical (unpaired) electrons. The lowest BCUT2D eigenvalue weighted by Gasteiger charge is -2.19. The van der Waals surface area contributed by atoms with Gasteiger partial charge in [0, 0.05) is 18.7 Å². The van der Waals surface area contributed by atoms with Gasteiger partial charge < -0.3 is 10.1 Å². The summed E-state index contributed by atoms with van der Waals surface area (Å²) >= 11 is 1.49. The third-order valence-electron chi connectivity index (χ3n) is 3.21. The van der Waals surface area contributed by atoms with E-state index in [1.165, 1.54) is 18.3 Å². The second-order valence-corrected chi connectivity index (χ2v) is 6.64. The molecule has 0 spiro atoms. The van der Waals surface area contributed by atoms with E-state index in [9.17, 15) is 9.59 Å². The summed E-state index contributed by atoms with van der Waals surface area (Å²) in [6, 6.07) is 9.21. The number of aromatic nitrogens is 1. The molecule has 2 aromatic rings. The van der Waals surface area contributed by atoms with Crippen LogP contribution in [-0.4, -0.2) is 22.9 Å². The van der Waals surface area contributed by atoms with Gasteiger partial charge in [-0.25, -0.2) is 9.78 Å². The SMILES string of the molecule is CC(=O)N[C@H](C(=O)OCc1cnc(-c2ccccc2)s1)C(C)C. The van der Waals surface area contributed by atoms with E-state index in [4.69, 9.17) is 4.74 Å². The van der Waals surface area contributed by atoms with Crippen LogP contribution >= 0.6 is 11.3 Å². The van der Waals surface area contributed by atoms with E-state index in [0.29, 0.717) is 0 Å². The Bertz CT molecular complexity index is 667. The molecule has 0 aliphatic rings. The summed E-state index contributed by atoms with van der Waals surface area (Å²) in [4.78, 5) is 28.5. The highest BCUT2D eigenvalue weighted by Gasteiger charge is 2.24. The van der Waals surface area contributed by atoms with E-state index in [0.717, 1.165) is 15.4 Å². The number of amides is 1. The zero-order valence-corrected chi connectivity index (χ0v) is 14.2. The first-order valence-electron chi connectivity index (χ1n) is 7.41. The zero-order chi connectivity index (χ0) is 16.8. The highest BCUT2D eigenvalue weighted by atomic mass is 32.1. The van der Waals surface area contributed by atoms with Gasteiger partial charge in [0.05, 0.1) is 4.88 Å². The normalized spacial score (nSPS) is 12.0. The number of hydrogen-bond acceptors (Lipinski definition) is 5. The Hall–Kier alpha value is -2.21. The summed E-state index contributed by atoms with van der Waals surface area (Å²) in [6.07, 6.45) is 1.71. The molecule has 23 heavy (non-hydrogen) atoms. The summed E-state index contributed by atoms with van der Waals surface area (Å²) in [7, 11) is 0. The Morgan fingerprint density at radius 1 is 1.26 bits per heavy atom. The number of nitrogens with zero attached hydrogens (tertiary/aromatic N) is 1. The lowest BCUT2D eigenvalue weighted by atomic mass is 10.0. The molecule has 0 unspecified atom stereocenters. The standard InChI is InChI=1S/C17H20N2O3S/c1-11(2)15(19-12(3)20)17(21)22-10-14-9-18-16(23-14)13-7-5-4-6-8-13/h4-9,11,15H,10H2,1-3H3,(H,19,20)/t15-/m0/s1. The molecule has 0 saturated heterocycles. The van der Waals surface area contributed by atoms with Crippen LogP contribution in [-0.2, 0) is 20.9 Å². The number of carbonyl (C=O) groups is 2. The largest absolute Gasteiger partial charge is 0.458 e. The van der Waals surface area contributed by atoms with E-state index in [1.54, 1.807) is 6.20 Å². The molecule has 1 N–H and O–H groups in total. The fourth-order valence-electron chi connectivity index (χ4n) is 2.04. The predicted molar refractivity (Wildman–Crippen MR) is 89.8 cm³/mol. The predicted octanol–water partition coefficient (Wildman–Crippen LogP) is 3.01. The summed E-state index contributed by atoms with van der Waals surface area (Å²) in [5.41, 5.74) is 1.04. The van der Waals surface area contributed by atoms with Crippen LogP contribution in [0, 0.1) is 5.92 Å². The van der Waals surface area contributed by atoms with Gasteiger partial charge in [-0.2, -0.15) is 0 Å². The van der Waals surface area contributed by atoms with Crippen molar-refractivity contribution in [1.29, 1.82) is 0 Å². The Labute approximate surface area is 139 Å². The average Bonchev–Trinajstić information content (AvgIpc) is 2.99. The third-order valence-corrected chi connectivity index (χ3v) is 4.23. The zero-order valence-electron chi connectivity index (χ0n) is 13.4. The molecule has 1 atom stereocenters. The molecule has 0 saturated carbocycles. The van der Waals surface area contributed by atoms with Crippen molar-refractivity contribution in [3.05, 3.63) is 41.4 Å². The lowest BCUT2D eigenvalue weighted by Crippen LogP contribution is -2.44. The van der Waals surface area contributed by atoms with E-state index in [1.807, 2.05) is 44.2 Å². The van der Waals surface area contributed by atoms with Gasteiger partial charge >= 0.3 is 5.97 Å². The van der Waals surface area contributed by atoms with Gasteiger partial charge in [0.25, 0.3) is 0 Å². The van der Waals surface area contributed by atoms with Crippen molar-refractivity contribution in [2.75, 3.05) is 0 Å². The number of esters is 1. The number of hydrogen-bond donors (Lipinski definition) is 1. The number of carbonyl (C=O) groups excluding carboxylic acids is 2. The van der Waals surface area contributed by atoms with Gasteiger partial charge in [-0.05, 0) is 5.92 Å². The Kier molecular flexibility index (Phi) is 5.87. The van der Waals surface area contributed by atoms with Gasteiger partial charge in [0.1, 0.15) is 17.7 Å². The molecule has 122 valence electrons. The third kappa shape index (κ3) is 4.89. The molecule has 1 amide bonds. The number of rotatable bonds is 6. The summed E-state index contributed by atoms with van der Waals surface area (Å²) < 4.78 is 5.32. The van der Waals surface area contributed by atoms with Crippen molar-refractivity contribution in [2.24, 2.45) is 5.92 Å². The molecule has 0 fully saturated rings. The Balaban J connectivity index is 1.96. The van der Waals surface area contributed by atoms with Crippen LogP contribution in [0.5, 0.6) is 0 Å². The highest BCUT2D eigenvalue weighted by molar-refractivity contribution is 7.15. The summed E-state index contributed by atoms with van der Waals surface area (Å²) in [5.74, 6) is -0.706. The van der Waals surface area contributed by atoms with E-state index >= 15 is 0 Å². The molecule has 6 heteroatoms. The van der Waals surface area contributed by atoms with Crippen LogP contribution in [0.3, 0.4) is 0 Å². The molecule has 2 rings (SSSR count). The molecule has 0 aliphatic carbocycles. The molecular weight excluding hydrogens is 312 g/mol. The monoisotopic (exact) mass is 332 g/mol. The fourth-order valence-corrected chi connectivity index (χ4v) is 2.87. The van der Waals surface area contributed by atoms with Crippen LogP contribution < -0.4 is 5.32 Å². The molecule has 0 bridgehead atoms. The van der Waals surface area contributed by atoms with E-state index < -0.39 is 12.0 Å². The van der Waals surface area contributed by atoms with Crippen molar-refractivity contribution in [1.82, 2.24) is 10.3 Å². The van der Waals surface area contributed by atoms with Gasteiger partial charge in [-0.15, -0.1) is 11.3 Å². The first-order valence-corrected chi connectivity index (χ1v) is 8.23. The topological polar surface area (TPSA) is 68.3 Å². The van der Waals surface area contributed by atoms with Crippen LogP contribution in [0.15, 0.2) is 36.5 Å². The van der Waals surface area contributed by atoms with Gasteiger partial charge in [0.2, 0.25) is 5.91 Å². The Morgan fingerprint density at radius 2 is 1.96 bits per heavy atom. The number of nitrogens with one attached hydrogen (secondary N) is 1. The van der Waals surface area contributed by atoms with Crippen LogP contribution in [0.25, 0.3) is 10.6 Å². The van der Waals surface area contributed by atoms with Gasteiger partial charge in [-0.1, -0.05) is 44.2 Å². The first-order chi connectivity index (χ1) is 11.0. The number of ether oxygens (including phenoxy) is 1. The molecule has 0 aliphatic heterocycles. The average molecular weight is 332 g/mol. The van der Waals surface area contributed by atoms with Crippen LogP contribution in [0.1, 0.15) is 25.6 Å². The number of thiazole rings is 1. The maximum absolute atomic E-state index is 12.1. The smallest absolute Gasteiger partial charge is 0.329 e. The minimum atomic E-state index is -0.631. The lowest BCUT2D eigenvalue weighted by molar-refractivity contribution is -0.150. The van der Waals surface area contributed by atoms with Crippen molar-refractivity contribution in [2.45, 2.75) is 33.4 Å². The molecule has 1 aromatic carbocycles. The van der Waals surface area contributed by atoms with Crippen LogP contribution in [0.4, 0.5) is 0 Å². The first kappa shape index (κ1) is 17.1. The van der Waals surface area contributed by atoms with Crippen molar-refractivity contribution < 1.29 is 14.3 Å². The summed E-state index contributed by atoms with van der Waals surface area (Å²) in [6.45, 7) is 5.27. The maximum atomic E-state index is 12.1. The maximum Gasteiger partial charge on any atom is 0.329 e. The van der Waals surface area contributed by atoms with Crippen molar-refractivity contribution in [3.8, 4) is 10.6 Å². The van der Waals surface area contributed by atoms with Crippen LogP contribution in [0.2, 0.25) is 0 Å². The van der Waals surface area contributed by atoms with E-state index in [-0.39, 0.29) is 18.4 Å². The molecule has 1 heterocycles.